The fraction of sp³-hybridized carbons (Fsp3) is 0.317. The van der Waals surface area contributed by atoms with Crippen molar-refractivity contribution in [3.05, 3.63) is 135 Å². The zero-order valence-corrected chi connectivity index (χ0v) is 28.9. The standard InChI is InChI=1S/C41H40F5N3O3S/c1-27-6-15-34-36(22-27)49(39(23-37(34)50)53-26-31-4-3-5-35(42)40(31)43)25-38(51)48(33-16-18-47(19-17-33)20-21-52-2)24-28-7-9-29(10-8-28)30-11-13-32(14-12-30)41(44,45)46/h3-15,22-23,33H,16-21,24-26H2,1-2H3/i6D,15D,16D2,17D2,18D2,19D2,22D,23D,25D2,33D. The molecule has 0 saturated carbocycles. The number of halogens is 5. The second kappa shape index (κ2) is 16.7. The van der Waals surface area contributed by atoms with Crippen LogP contribution in [0.4, 0.5) is 22.0 Å². The molecule has 0 atom stereocenters. The Morgan fingerprint density at radius 1 is 1.04 bits per heavy atom. The Balaban J connectivity index is 1.64. The maximum Gasteiger partial charge on any atom is 0.416 e. The smallest absolute Gasteiger partial charge is 0.383 e. The summed E-state index contributed by atoms with van der Waals surface area (Å²) < 4.78 is 211. The highest BCUT2D eigenvalue weighted by Crippen LogP contribution is 2.32. The summed E-state index contributed by atoms with van der Waals surface area (Å²) in [6.07, 6.45) is -12.8. The van der Waals surface area contributed by atoms with Crippen molar-refractivity contribution in [2.24, 2.45) is 0 Å². The summed E-state index contributed by atoms with van der Waals surface area (Å²) in [5, 5.41) is -1.83. The highest BCUT2D eigenvalue weighted by Gasteiger charge is 2.31. The Kier molecular flexibility index (Phi) is 7.32. The van der Waals surface area contributed by atoms with Gasteiger partial charge >= 0.3 is 6.18 Å². The Labute approximate surface area is 330 Å². The number of ether oxygens (including phenoxy) is 1. The third-order valence-electron chi connectivity index (χ3n) is 7.89. The topological polar surface area (TPSA) is 54.8 Å². The van der Waals surface area contributed by atoms with E-state index < -0.39 is 144 Å². The molecule has 12 heteroatoms. The molecule has 278 valence electrons. The highest BCUT2D eigenvalue weighted by atomic mass is 32.2. The lowest BCUT2D eigenvalue weighted by Gasteiger charge is -2.39. The SMILES string of the molecule is [2H]c1c(C)c([2H])c2c(c1[2H])c(=O)c([2H])c(SCc1cccc(F)c1F)n2C([2H])([2H])C(=O)N(Cc1ccc(-c2ccc(C(F)(F)F)cc2)cc1)C1([2H])C([2H])([2H])C([2H])([2H])N(CCOC)C([2H])([2H])C1([2H])[2H]. The molecule has 0 N–H and O–H groups in total. The molecule has 0 radical (unpaired) electrons. The van der Waals surface area contributed by atoms with Crippen molar-refractivity contribution < 1.29 is 52.0 Å². The maximum absolute atomic E-state index is 15.5. The molecular formula is C41H40F5N3O3S. The van der Waals surface area contributed by atoms with Crippen LogP contribution < -0.4 is 5.43 Å². The van der Waals surface area contributed by atoms with Crippen molar-refractivity contribution in [3.8, 4) is 11.1 Å². The molecule has 4 aromatic carbocycles. The van der Waals surface area contributed by atoms with Crippen molar-refractivity contribution in [1.29, 1.82) is 0 Å². The van der Waals surface area contributed by atoms with Crippen LogP contribution in [0, 0.1) is 18.6 Å². The molecule has 1 aliphatic rings. The van der Waals surface area contributed by atoms with Crippen LogP contribution in [0.1, 0.15) is 55.6 Å². The Morgan fingerprint density at radius 3 is 2.38 bits per heavy atom. The van der Waals surface area contributed by atoms with Gasteiger partial charge in [0.1, 0.15) is 6.50 Å². The quantitative estimate of drug-likeness (QED) is 0.0941. The Bertz CT molecular complexity index is 2820. The first-order valence-electron chi connectivity index (χ1n) is 23.3. The second-order valence-electron chi connectivity index (χ2n) is 11.6. The number of methoxy groups -OCH3 is 1. The lowest BCUT2D eigenvalue weighted by atomic mass is 10.00. The number of fused-ring (bicyclic) bond motifs is 1. The fourth-order valence-electron chi connectivity index (χ4n) is 5.12. The van der Waals surface area contributed by atoms with Crippen molar-refractivity contribution in [2.75, 3.05) is 33.3 Å². The molecule has 2 heterocycles. The predicted molar refractivity (Wildman–Crippen MR) is 198 cm³/mol. The number of nitrogens with zero attached hydrogens (tertiary/aromatic N) is 3. The van der Waals surface area contributed by atoms with Crippen LogP contribution in [0.3, 0.4) is 0 Å². The van der Waals surface area contributed by atoms with Gasteiger partial charge in [0.15, 0.2) is 17.1 Å². The number of aromatic nitrogens is 1. The molecule has 6 rings (SSSR count). The first kappa shape index (κ1) is 23.3. The average Bonchev–Trinajstić information content (AvgIpc) is 3.27. The molecule has 0 unspecified atom stereocenters. The molecule has 6 nitrogen and oxygen atoms in total. The van der Waals surface area contributed by atoms with Gasteiger partial charge in [-0.1, -0.05) is 54.6 Å². The van der Waals surface area contributed by atoms with E-state index in [0.29, 0.717) is 0 Å². The van der Waals surface area contributed by atoms with Crippen LogP contribution >= 0.6 is 11.8 Å². The number of pyridine rings is 1. The largest absolute Gasteiger partial charge is 0.416 e. The number of hydrogen-bond donors (Lipinski definition) is 0. The van der Waals surface area contributed by atoms with Crippen molar-refractivity contribution in [3.63, 3.8) is 0 Å². The monoisotopic (exact) mass is 764 g/mol. The molecule has 1 amide bonds. The minimum Gasteiger partial charge on any atom is -0.383 e. The molecular weight excluding hydrogens is 710 g/mol. The first-order valence-corrected chi connectivity index (χ1v) is 16.8. The van der Waals surface area contributed by atoms with Crippen LogP contribution in [0.25, 0.3) is 22.0 Å². The van der Waals surface area contributed by atoms with E-state index in [4.69, 9.17) is 15.7 Å². The van der Waals surface area contributed by atoms with E-state index >= 15 is 9.18 Å². The van der Waals surface area contributed by atoms with E-state index in [1.54, 1.807) is 0 Å². The summed E-state index contributed by atoms with van der Waals surface area (Å²) in [6, 6.07) is 4.02. The number of thioether (sulfide) groups is 1. The van der Waals surface area contributed by atoms with Crippen LogP contribution in [-0.4, -0.2) is 59.5 Å². The fourth-order valence-corrected chi connectivity index (χ4v) is 6.07. The molecule has 1 saturated heterocycles. The van der Waals surface area contributed by atoms with Gasteiger partial charge in [0, 0.05) is 72.9 Å². The number of carbonyl (C=O) groups is 1. The van der Waals surface area contributed by atoms with Gasteiger partial charge in [0.2, 0.25) is 5.91 Å². The zero-order chi connectivity index (χ0) is 51.1. The van der Waals surface area contributed by atoms with Gasteiger partial charge in [0.05, 0.1) is 32.3 Å². The van der Waals surface area contributed by atoms with Crippen LogP contribution in [0.5, 0.6) is 0 Å². The van der Waals surface area contributed by atoms with Crippen molar-refractivity contribution in [1.82, 2.24) is 14.4 Å². The summed E-state index contributed by atoms with van der Waals surface area (Å²) in [5.74, 6) is -5.56. The van der Waals surface area contributed by atoms with Gasteiger partial charge in [-0.05, 0) is 72.2 Å². The molecule has 0 bridgehead atoms. The average molecular weight is 765 g/mol. The minimum absolute atomic E-state index is 0.103. The Hall–Kier alpha value is -4.52. The van der Waals surface area contributed by atoms with E-state index in [1.165, 1.54) is 24.3 Å². The summed E-state index contributed by atoms with van der Waals surface area (Å²) in [7, 11) is 1.14. The van der Waals surface area contributed by atoms with Crippen molar-refractivity contribution >= 4 is 28.6 Å². The summed E-state index contributed by atoms with van der Waals surface area (Å²) in [5.41, 5.74) is -3.68. The molecule has 5 aromatic rings. The number of piperidine rings is 1. The third kappa shape index (κ3) is 9.17. The zero-order valence-electron chi connectivity index (χ0n) is 43.0. The van der Waals surface area contributed by atoms with Gasteiger partial charge in [-0.2, -0.15) is 13.2 Å². The lowest BCUT2D eigenvalue weighted by molar-refractivity contribution is -0.137. The molecule has 0 aliphatic carbocycles. The molecule has 1 aromatic heterocycles. The molecule has 1 aliphatic heterocycles. The number of hydrogen-bond acceptors (Lipinski definition) is 5. The van der Waals surface area contributed by atoms with E-state index in [1.807, 2.05) is 0 Å². The number of alkyl halides is 3. The molecule has 1 fully saturated rings. The molecule has 0 spiro atoms. The normalized spacial score (nSPS) is 23.0. The van der Waals surface area contributed by atoms with Crippen LogP contribution in [0.15, 0.2) is 101 Å². The van der Waals surface area contributed by atoms with E-state index in [9.17, 15) is 32.0 Å². The number of likely N-dealkylation sites (tertiary alicyclic amines) is 1. The highest BCUT2D eigenvalue weighted by molar-refractivity contribution is 7.98. The molecule has 53 heavy (non-hydrogen) atoms. The van der Waals surface area contributed by atoms with E-state index in [0.717, 1.165) is 56.5 Å². The van der Waals surface area contributed by atoms with Gasteiger partial charge in [-0.3, -0.25) is 9.59 Å². The first-order chi connectivity index (χ1) is 31.3. The summed E-state index contributed by atoms with van der Waals surface area (Å²) in [6.45, 7) is -12.9. The van der Waals surface area contributed by atoms with Gasteiger partial charge < -0.3 is 19.1 Å². The minimum atomic E-state index is -4.66. The number of amides is 1. The van der Waals surface area contributed by atoms with Gasteiger partial charge in [-0.15, -0.1) is 11.8 Å². The Morgan fingerprint density at radius 2 is 1.72 bits per heavy atom. The third-order valence-corrected chi connectivity index (χ3v) is 8.90. The lowest BCUT2D eigenvalue weighted by Crippen LogP contribution is -2.48. The van der Waals surface area contributed by atoms with E-state index in [2.05, 4.69) is 0 Å². The number of carbonyl (C=O) groups excluding carboxylic acids is 1. The summed E-state index contributed by atoms with van der Waals surface area (Å²) >= 11 is 0.277. The van der Waals surface area contributed by atoms with Crippen LogP contribution in [0.2, 0.25) is 0 Å². The number of rotatable bonds is 12. The van der Waals surface area contributed by atoms with Crippen molar-refractivity contribution in [2.45, 2.75) is 55.7 Å². The maximum atomic E-state index is 15.5. The predicted octanol–water partition coefficient (Wildman–Crippen LogP) is 8.71. The summed E-state index contributed by atoms with van der Waals surface area (Å²) in [4.78, 5) is 29.5. The number of benzene rings is 4. The van der Waals surface area contributed by atoms with E-state index in [-0.39, 0.29) is 48.4 Å². The second-order valence-corrected chi connectivity index (χ2v) is 12.5. The van der Waals surface area contributed by atoms with Gasteiger partial charge in [0.25, 0.3) is 0 Å². The van der Waals surface area contributed by atoms with Gasteiger partial charge in [-0.25, -0.2) is 8.78 Å². The van der Waals surface area contributed by atoms with Crippen LogP contribution in [-0.2, 0) is 34.5 Å².